The minimum absolute atomic E-state index is 0.0758. The lowest BCUT2D eigenvalue weighted by atomic mass is 10.1. The largest absolute Gasteiger partial charge is 0.493 e. The summed E-state index contributed by atoms with van der Waals surface area (Å²) in [5.41, 5.74) is 0.462. The van der Waals surface area contributed by atoms with Gasteiger partial charge in [0, 0.05) is 6.07 Å². The summed E-state index contributed by atoms with van der Waals surface area (Å²) < 4.78 is 17.3. The van der Waals surface area contributed by atoms with Gasteiger partial charge in [0.15, 0.2) is 6.29 Å². The molecule has 1 unspecified atom stereocenters. The molecular weight excluding hydrogens is 268 g/mol. The Balaban J connectivity index is 1.98. The normalized spacial score (nSPS) is 20.2. The fourth-order valence-corrected chi connectivity index (χ4v) is 2.42. The first kappa shape index (κ1) is 15.8. The van der Waals surface area contributed by atoms with Crippen molar-refractivity contribution >= 4 is 6.29 Å². The molecule has 1 aliphatic heterocycles. The summed E-state index contributed by atoms with van der Waals surface area (Å²) in [5.74, 6) is 1.29. The number of hydrogen-bond donors (Lipinski definition) is 0. The maximum atomic E-state index is 11.1. The average molecular weight is 292 g/mol. The van der Waals surface area contributed by atoms with Crippen LogP contribution in [0.15, 0.2) is 18.2 Å². The molecule has 0 spiro atoms. The molecule has 0 amide bonds. The Morgan fingerprint density at radius 1 is 1.38 bits per heavy atom. The second-order valence-corrected chi connectivity index (χ2v) is 6.02. The third kappa shape index (κ3) is 4.46. The summed E-state index contributed by atoms with van der Waals surface area (Å²) in [4.78, 5) is 11.1. The molecule has 2 rings (SSSR count). The van der Waals surface area contributed by atoms with Gasteiger partial charge >= 0.3 is 0 Å². The Bertz CT molecular complexity index is 482. The zero-order valence-corrected chi connectivity index (χ0v) is 13.1. The van der Waals surface area contributed by atoms with Gasteiger partial charge in [0.2, 0.25) is 0 Å². The molecular formula is C17H24O4. The van der Waals surface area contributed by atoms with E-state index in [-0.39, 0.29) is 11.7 Å². The molecule has 4 heteroatoms. The summed E-state index contributed by atoms with van der Waals surface area (Å²) in [5, 5.41) is 0. The Labute approximate surface area is 126 Å². The molecule has 1 heterocycles. The van der Waals surface area contributed by atoms with Crippen molar-refractivity contribution in [1.29, 1.82) is 0 Å². The van der Waals surface area contributed by atoms with Crippen molar-refractivity contribution in [3.05, 3.63) is 23.8 Å². The molecule has 1 fully saturated rings. The fourth-order valence-electron chi connectivity index (χ4n) is 2.42. The van der Waals surface area contributed by atoms with Crippen LogP contribution >= 0.6 is 0 Å². The van der Waals surface area contributed by atoms with E-state index < -0.39 is 0 Å². The number of rotatable bonds is 7. The molecule has 0 radical (unpaired) electrons. The highest BCUT2D eigenvalue weighted by molar-refractivity contribution is 5.79. The minimum atomic E-state index is -0.0758. The molecule has 0 saturated carbocycles. The minimum Gasteiger partial charge on any atom is -0.493 e. The first-order chi connectivity index (χ1) is 10.0. The number of hydrogen-bond acceptors (Lipinski definition) is 4. The molecule has 1 aromatic rings. The van der Waals surface area contributed by atoms with E-state index in [1.165, 1.54) is 0 Å². The molecule has 116 valence electrons. The van der Waals surface area contributed by atoms with E-state index >= 15 is 0 Å². The average Bonchev–Trinajstić information content (AvgIpc) is 2.82. The number of ether oxygens (including phenoxy) is 3. The van der Waals surface area contributed by atoms with Crippen molar-refractivity contribution in [2.24, 2.45) is 0 Å². The maximum absolute atomic E-state index is 11.1. The molecule has 0 aromatic heterocycles. The molecule has 4 nitrogen and oxygen atoms in total. The van der Waals surface area contributed by atoms with Crippen molar-refractivity contribution in [1.82, 2.24) is 0 Å². The SMILES string of the molecule is CCCOc1ccc(C=O)c(OCC2CCC(C)(C)O2)c1. The summed E-state index contributed by atoms with van der Waals surface area (Å²) in [6.07, 6.45) is 3.84. The highest BCUT2D eigenvalue weighted by atomic mass is 16.6. The third-order valence-electron chi connectivity index (χ3n) is 3.56. The topological polar surface area (TPSA) is 44.8 Å². The van der Waals surface area contributed by atoms with E-state index in [0.29, 0.717) is 24.5 Å². The van der Waals surface area contributed by atoms with E-state index in [2.05, 4.69) is 20.8 Å². The van der Waals surface area contributed by atoms with Gasteiger partial charge in [0.1, 0.15) is 18.1 Å². The molecule has 1 aliphatic rings. The number of carbonyl (C=O) groups is 1. The van der Waals surface area contributed by atoms with Crippen molar-refractivity contribution in [2.45, 2.75) is 51.7 Å². The van der Waals surface area contributed by atoms with Crippen LogP contribution in [0, 0.1) is 0 Å². The van der Waals surface area contributed by atoms with Gasteiger partial charge in [-0.05, 0) is 45.2 Å². The number of aldehydes is 1. The summed E-state index contributed by atoms with van der Waals surface area (Å²) in [6.45, 7) is 7.34. The van der Waals surface area contributed by atoms with E-state index in [1.54, 1.807) is 18.2 Å². The van der Waals surface area contributed by atoms with Gasteiger partial charge in [-0.25, -0.2) is 0 Å². The highest BCUT2D eigenvalue weighted by Crippen LogP contribution is 2.30. The van der Waals surface area contributed by atoms with Gasteiger partial charge in [-0.3, -0.25) is 4.79 Å². The van der Waals surface area contributed by atoms with Gasteiger partial charge < -0.3 is 14.2 Å². The van der Waals surface area contributed by atoms with Crippen molar-refractivity contribution < 1.29 is 19.0 Å². The standard InChI is InChI=1S/C17H24O4/c1-4-9-19-14-6-5-13(11-18)16(10-14)20-12-15-7-8-17(2,3)21-15/h5-6,10-11,15H,4,7-9,12H2,1-3H3. The third-order valence-corrected chi connectivity index (χ3v) is 3.56. The Kier molecular flexibility index (Phi) is 5.23. The molecule has 1 atom stereocenters. The van der Waals surface area contributed by atoms with E-state index in [4.69, 9.17) is 14.2 Å². The first-order valence-electron chi connectivity index (χ1n) is 7.56. The van der Waals surface area contributed by atoms with Gasteiger partial charge in [0.05, 0.1) is 23.9 Å². The van der Waals surface area contributed by atoms with Gasteiger partial charge in [0.25, 0.3) is 0 Å². The van der Waals surface area contributed by atoms with Crippen LogP contribution in [-0.2, 0) is 4.74 Å². The van der Waals surface area contributed by atoms with Crippen LogP contribution in [0.2, 0.25) is 0 Å². The van der Waals surface area contributed by atoms with Crippen LogP contribution in [0.25, 0.3) is 0 Å². The molecule has 1 aromatic carbocycles. The monoisotopic (exact) mass is 292 g/mol. The van der Waals surface area contributed by atoms with Gasteiger partial charge in [-0.15, -0.1) is 0 Å². The number of carbonyl (C=O) groups excluding carboxylic acids is 1. The van der Waals surface area contributed by atoms with Crippen molar-refractivity contribution in [3.63, 3.8) is 0 Å². The zero-order chi connectivity index (χ0) is 15.3. The van der Waals surface area contributed by atoms with Crippen molar-refractivity contribution in [3.8, 4) is 11.5 Å². The number of benzene rings is 1. The second kappa shape index (κ2) is 6.94. The summed E-state index contributed by atoms with van der Waals surface area (Å²) >= 11 is 0. The quantitative estimate of drug-likeness (QED) is 0.720. The summed E-state index contributed by atoms with van der Waals surface area (Å²) in [7, 11) is 0. The highest BCUT2D eigenvalue weighted by Gasteiger charge is 2.32. The first-order valence-corrected chi connectivity index (χ1v) is 7.56. The molecule has 0 aliphatic carbocycles. The summed E-state index contributed by atoms with van der Waals surface area (Å²) in [6, 6.07) is 5.30. The van der Waals surface area contributed by atoms with Crippen LogP contribution in [0.4, 0.5) is 0 Å². The van der Waals surface area contributed by atoms with Crippen LogP contribution in [-0.4, -0.2) is 31.2 Å². The smallest absolute Gasteiger partial charge is 0.153 e. The molecule has 21 heavy (non-hydrogen) atoms. The predicted octanol–water partition coefficient (Wildman–Crippen LogP) is 3.62. The van der Waals surface area contributed by atoms with Crippen LogP contribution in [0.3, 0.4) is 0 Å². The molecule has 0 N–H and O–H groups in total. The zero-order valence-electron chi connectivity index (χ0n) is 13.1. The van der Waals surface area contributed by atoms with Crippen molar-refractivity contribution in [2.75, 3.05) is 13.2 Å². The fraction of sp³-hybridized carbons (Fsp3) is 0.588. The Morgan fingerprint density at radius 3 is 2.81 bits per heavy atom. The van der Waals surface area contributed by atoms with Crippen LogP contribution < -0.4 is 9.47 Å². The van der Waals surface area contributed by atoms with Gasteiger partial charge in [-0.1, -0.05) is 6.92 Å². The maximum Gasteiger partial charge on any atom is 0.153 e. The lowest BCUT2D eigenvalue weighted by Crippen LogP contribution is -2.24. The predicted molar refractivity (Wildman–Crippen MR) is 81.3 cm³/mol. The van der Waals surface area contributed by atoms with E-state index in [9.17, 15) is 4.79 Å². The molecule has 1 saturated heterocycles. The van der Waals surface area contributed by atoms with Crippen LogP contribution in [0.1, 0.15) is 50.4 Å². The van der Waals surface area contributed by atoms with Gasteiger partial charge in [-0.2, -0.15) is 0 Å². The Morgan fingerprint density at radius 2 is 2.19 bits per heavy atom. The van der Waals surface area contributed by atoms with E-state index in [0.717, 1.165) is 31.3 Å². The molecule has 0 bridgehead atoms. The Hall–Kier alpha value is -1.55. The lowest BCUT2D eigenvalue weighted by molar-refractivity contribution is -0.0327. The van der Waals surface area contributed by atoms with E-state index in [1.807, 2.05) is 0 Å². The second-order valence-electron chi connectivity index (χ2n) is 6.02. The van der Waals surface area contributed by atoms with Crippen LogP contribution in [0.5, 0.6) is 11.5 Å². The lowest BCUT2D eigenvalue weighted by Gasteiger charge is -2.20.